The Morgan fingerprint density at radius 2 is 2.11 bits per heavy atom. The van der Waals surface area contributed by atoms with Gasteiger partial charge in [0.15, 0.2) is 0 Å². The zero-order valence-corrected chi connectivity index (χ0v) is 12.5. The van der Waals surface area contributed by atoms with Crippen molar-refractivity contribution < 1.29 is 0 Å². The summed E-state index contributed by atoms with van der Waals surface area (Å²) in [5, 5.41) is 3.55. The SMILES string of the molecule is Cc1cccc(C(C)C)c1N1CCC2(CCNC2)C1. The van der Waals surface area contributed by atoms with Gasteiger partial charge >= 0.3 is 0 Å². The van der Waals surface area contributed by atoms with Gasteiger partial charge in [0.25, 0.3) is 0 Å². The lowest BCUT2D eigenvalue weighted by atomic mass is 9.86. The third-order valence-electron chi connectivity index (χ3n) is 4.98. The standard InChI is InChI=1S/C17H26N2/c1-13(2)15-6-4-5-14(3)16(15)19-10-8-17(12-19)7-9-18-11-17/h4-6,13,18H,7-12H2,1-3H3. The normalized spacial score (nSPS) is 26.8. The molecule has 2 aliphatic rings. The van der Waals surface area contributed by atoms with E-state index in [-0.39, 0.29) is 0 Å². The third kappa shape index (κ3) is 2.27. The molecule has 0 amide bonds. The fourth-order valence-electron chi connectivity index (χ4n) is 3.85. The highest BCUT2D eigenvalue weighted by Gasteiger charge is 2.41. The molecule has 0 bridgehead atoms. The average Bonchev–Trinajstić information content (AvgIpc) is 3.00. The molecule has 1 N–H and O–H groups in total. The molecule has 0 aliphatic carbocycles. The van der Waals surface area contributed by atoms with E-state index in [2.05, 4.69) is 49.2 Å². The highest BCUT2D eigenvalue weighted by atomic mass is 15.2. The third-order valence-corrected chi connectivity index (χ3v) is 4.98. The molecule has 104 valence electrons. The van der Waals surface area contributed by atoms with Crippen LogP contribution in [0.25, 0.3) is 0 Å². The predicted octanol–water partition coefficient (Wildman–Crippen LogP) is 3.31. The first-order valence-corrected chi connectivity index (χ1v) is 7.66. The Hall–Kier alpha value is -1.02. The molecule has 2 aliphatic heterocycles. The number of para-hydroxylation sites is 1. The topological polar surface area (TPSA) is 15.3 Å². The highest BCUT2D eigenvalue weighted by Crippen LogP contribution is 2.41. The van der Waals surface area contributed by atoms with Crippen molar-refractivity contribution in [1.29, 1.82) is 0 Å². The van der Waals surface area contributed by atoms with Crippen LogP contribution in [0.4, 0.5) is 5.69 Å². The van der Waals surface area contributed by atoms with Gasteiger partial charge in [0.1, 0.15) is 0 Å². The van der Waals surface area contributed by atoms with Crippen LogP contribution < -0.4 is 10.2 Å². The van der Waals surface area contributed by atoms with Crippen LogP contribution in [0.3, 0.4) is 0 Å². The van der Waals surface area contributed by atoms with Crippen molar-refractivity contribution in [2.24, 2.45) is 5.41 Å². The van der Waals surface area contributed by atoms with E-state index in [1.165, 1.54) is 55.8 Å². The van der Waals surface area contributed by atoms with Crippen molar-refractivity contribution in [1.82, 2.24) is 5.32 Å². The molecule has 2 fully saturated rings. The van der Waals surface area contributed by atoms with Gasteiger partial charge in [-0.3, -0.25) is 0 Å². The van der Waals surface area contributed by atoms with Crippen LogP contribution in [0.15, 0.2) is 18.2 Å². The summed E-state index contributed by atoms with van der Waals surface area (Å²) < 4.78 is 0. The van der Waals surface area contributed by atoms with Gasteiger partial charge in [-0.25, -0.2) is 0 Å². The van der Waals surface area contributed by atoms with Gasteiger partial charge in [-0.05, 0) is 43.4 Å². The number of nitrogens with one attached hydrogen (secondary N) is 1. The van der Waals surface area contributed by atoms with E-state index in [1.54, 1.807) is 0 Å². The quantitative estimate of drug-likeness (QED) is 0.875. The zero-order chi connectivity index (χ0) is 13.5. The Balaban J connectivity index is 1.91. The summed E-state index contributed by atoms with van der Waals surface area (Å²) >= 11 is 0. The summed E-state index contributed by atoms with van der Waals surface area (Å²) in [5.74, 6) is 0.605. The molecule has 1 atom stereocenters. The molecule has 1 aromatic carbocycles. The summed E-state index contributed by atoms with van der Waals surface area (Å²) in [6.07, 6.45) is 2.71. The molecule has 2 heteroatoms. The van der Waals surface area contributed by atoms with E-state index < -0.39 is 0 Å². The van der Waals surface area contributed by atoms with Crippen molar-refractivity contribution in [3.05, 3.63) is 29.3 Å². The lowest BCUT2D eigenvalue weighted by Crippen LogP contribution is -2.30. The smallest absolute Gasteiger partial charge is 0.0431 e. The lowest BCUT2D eigenvalue weighted by molar-refractivity contribution is 0.369. The number of anilines is 1. The fraction of sp³-hybridized carbons (Fsp3) is 0.647. The Kier molecular flexibility index (Phi) is 3.30. The molecule has 1 unspecified atom stereocenters. The van der Waals surface area contributed by atoms with Crippen LogP contribution in [0, 0.1) is 12.3 Å². The first kappa shape index (κ1) is 13.0. The number of hydrogen-bond donors (Lipinski definition) is 1. The fourth-order valence-corrected chi connectivity index (χ4v) is 3.85. The molecule has 19 heavy (non-hydrogen) atoms. The largest absolute Gasteiger partial charge is 0.370 e. The maximum absolute atomic E-state index is 3.55. The Morgan fingerprint density at radius 1 is 1.26 bits per heavy atom. The Bertz CT molecular complexity index is 458. The zero-order valence-electron chi connectivity index (χ0n) is 12.5. The van der Waals surface area contributed by atoms with Crippen molar-refractivity contribution in [2.45, 2.75) is 39.5 Å². The Labute approximate surface area is 117 Å². The number of nitrogens with zero attached hydrogens (tertiary/aromatic N) is 1. The molecular formula is C17H26N2. The maximum Gasteiger partial charge on any atom is 0.0431 e. The molecule has 3 rings (SSSR count). The van der Waals surface area contributed by atoms with Crippen molar-refractivity contribution in [2.75, 3.05) is 31.1 Å². The lowest BCUT2D eigenvalue weighted by Gasteiger charge is -2.28. The van der Waals surface area contributed by atoms with Crippen LogP contribution >= 0.6 is 0 Å². The summed E-state index contributed by atoms with van der Waals surface area (Å²) in [4.78, 5) is 2.65. The number of aryl methyl sites for hydroxylation is 1. The summed E-state index contributed by atoms with van der Waals surface area (Å²) in [5.41, 5.74) is 5.02. The van der Waals surface area contributed by atoms with E-state index in [0.717, 1.165) is 0 Å². The van der Waals surface area contributed by atoms with Crippen LogP contribution in [0.5, 0.6) is 0 Å². The van der Waals surface area contributed by atoms with E-state index in [9.17, 15) is 0 Å². The predicted molar refractivity (Wildman–Crippen MR) is 82.0 cm³/mol. The molecule has 0 saturated carbocycles. The molecule has 2 heterocycles. The van der Waals surface area contributed by atoms with E-state index in [1.807, 2.05) is 0 Å². The minimum Gasteiger partial charge on any atom is -0.370 e. The first-order valence-electron chi connectivity index (χ1n) is 7.66. The van der Waals surface area contributed by atoms with Gasteiger partial charge in [0, 0.05) is 30.7 Å². The first-order chi connectivity index (χ1) is 9.11. The van der Waals surface area contributed by atoms with Crippen LogP contribution in [-0.4, -0.2) is 26.2 Å². The van der Waals surface area contributed by atoms with Crippen LogP contribution in [0.2, 0.25) is 0 Å². The van der Waals surface area contributed by atoms with Gasteiger partial charge in [0.2, 0.25) is 0 Å². The van der Waals surface area contributed by atoms with Crippen LogP contribution in [0.1, 0.15) is 43.7 Å². The molecule has 1 spiro atoms. The maximum atomic E-state index is 3.55. The van der Waals surface area contributed by atoms with Gasteiger partial charge in [0.05, 0.1) is 0 Å². The second-order valence-electron chi connectivity index (χ2n) is 6.77. The molecule has 2 saturated heterocycles. The summed E-state index contributed by atoms with van der Waals surface area (Å²) in [6, 6.07) is 6.78. The second-order valence-corrected chi connectivity index (χ2v) is 6.77. The van der Waals surface area contributed by atoms with E-state index in [4.69, 9.17) is 0 Å². The summed E-state index contributed by atoms with van der Waals surface area (Å²) in [7, 11) is 0. The van der Waals surface area contributed by atoms with Gasteiger partial charge < -0.3 is 10.2 Å². The molecule has 2 nitrogen and oxygen atoms in total. The molecule has 0 radical (unpaired) electrons. The van der Waals surface area contributed by atoms with Gasteiger partial charge in [-0.1, -0.05) is 32.0 Å². The monoisotopic (exact) mass is 258 g/mol. The van der Waals surface area contributed by atoms with Crippen molar-refractivity contribution >= 4 is 5.69 Å². The summed E-state index contributed by atoms with van der Waals surface area (Å²) in [6.45, 7) is 11.8. The minimum atomic E-state index is 0.552. The van der Waals surface area contributed by atoms with Crippen LogP contribution in [-0.2, 0) is 0 Å². The number of benzene rings is 1. The number of rotatable bonds is 2. The van der Waals surface area contributed by atoms with Gasteiger partial charge in [-0.15, -0.1) is 0 Å². The Morgan fingerprint density at radius 3 is 2.79 bits per heavy atom. The second kappa shape index (κ2) is 4.82. The van der Waals surface area contributed by atoms with Crippen molar-refractivity contribution in [3.63, 3.8) is 0 Å². The van der Waals surface area contributed by atoms with Gasteiger partial charge in [-0.2, -0.15) is 0 Å². The van der Waals surface area contributed by atoms with Crippen molar-refractivity contribution in [3.8, 4) is 0 Å². The highest BCUT2D eigenvalue weighted by molar-refractivity contribution is 5.61. The minimum absolute atomic E-state index is 0.552. The average molecular weight is 258 g/mol. The van der Waals surface area contributed by atoms with E-state index in [0.29, 0.717) is 11.3 Å². The molecular weight excluding hydrogens is 232 g/mol. The molecule has 1 aromatic rings. The molecule has 0 aromatic heterocycles. The number of hydrogen-bond acceptors (Lipinski definition) is 2. The van der Waals surface area contributed by atoms with E-state index >= 15 is 0 Å².